The van der Waals surface area contributed by atoms with E-state index >= 15 is 0 Å². The quantitative estimate of drug-likeness (QED) is 0.137. The van der Waals surface area contributed by atoms with Gasteiger partial charge in [0.2, 0.25) is 0 Å². The van der Waals surface area contributed by atoms with Crippen LogP contribution in [0.15, 0.2) is 158 Å². The second-order valence-electron chi connectivity index (χ2n) is 11.7. The first-order chi connectivity index (χ1) is 22.3. The summed E-state index contributed by atoms with van der Waals surface area (Å²) in [6, 6.07) is 55.3. The van der Waals surface area contributed by atoms with Crippen LogP contribution in [0.25, 0.3) is 83.9 Å². The third-order valence-corrected chi connectivity index (χ3v) is 8.92. The van der Waals surface area contributed by atoms with Crippen LogP contribution in [0.5, 0.6) is 0 Å². The predicted octanol–water partition coefficient (Wildman–Crippen LogP) is 12.8. The Balaban J connectivity index is 1.23. The molecule has 0 atom stereocenters. The molecule has 0 saturated carbocycles. The van der Waals surface area contributed by atoms with Crippen LogP contribution in [0.3, 0.4) is 0 Å². The highest BCUT2D eigenvalue weighted by Crippen LogP contribution is 2.43. The second-order valence-corrected chi connectivity index (χ2v) is 11.7. The van der Waals surface area contributed by atoms with Crippen LogP contribution >= 0.6 is 0 Å². The molecule has 0 N–H and O–H groups in total. The van der Waals surface area contributed by atoms with E-state index in [9.17, 15) is 0 Å². The summed E-state index contributed by atoms with van der Waals surface area (Å²) < 4.78 is 0. The zero-order valence-corrected chi connectivity index (χ0v) is 25.2. The predicted molar refractivity (Wildman–Crippen MR) is 197 cm³/mol. The van der Waals surface area contributed by atoms with Crippen molar-refractivity contribution in [1.29, 1.82) is 0 Å². The van der Waals surface area contributed by atoms with Crippen molar-refractivity contribution in [2.45, 2.75) is 6.92 Å². The van der Waals surface area contributed by atoms with E-state index in [1.807, 2.05) is 0 Å². The first kappa shape index (κ1) is 26.9. The Morgan fingerprint density at radius 3 is 1.62 bits per heavy atom. The molecule has 0 aromatic heterocycles. The fourth-order valence-electron chi connectivity index (χ4n) is 6.82. The van der Waals surface area contributed by atoms with E-state index in [0.29, 0.717) is 0 Å². The average Bonchev–Trinajstić information content (AvgIpc) is 3.10. The molecule has 0 bridgehead atoms. The molecule has 0 spiro atoms. The lowest BCUT2D eigenvalue weighted by Crippen LogP contribution is -1.90. The molecule has 0 heterocycles. The van der Waals surface area contributed by atoms with Crippen LogP contribution < -0.4 is 0 Å². The Kier molecular flexibility index (Phi) is 6.81. The summed E-state index contributed by atoms with van der Waals surface area (Å²) in [5.74, 6) is 0. The van der Waals surface area contributed by atoms with Crippen molar-refractivity contribution in [3.05, 3.63) is 174 Å². The Hall–Kier alpha value is -5.72. The number of benzene rings is 8. The van der Waals surface area contributed by atoms with Gasteiger partial charge in [-0.25, -0.2) is 0 Å². The van der Waals surface area contributed by atoms with Crippen molar-refractivity contribution in [3.63, 3.8) is 0 Å². The molecule has 8 rings (SSSR count). The summed E-state index contributed by atoms with van der Waals surface area (Å²) in [6.45, 7) is 2.06. The first-order valence-electron chi connectivity index (χ1n) is 15.6. The largest absolute Gasteiger partial charge is 0.0871 e. The minimum atomic E-state index is 1.18. The third-order valence-electron chi connectivity index (χ3n) is 8.92. The van der Waals surface area contributed by atoms with Gasteiger partial charge in [0.1, 0.15) is 0 Å². The third kappa shape index (κ3) is 4.91. The minimum Gasteiger partial charge on any atom is -0.0871 e. The molecule has 0 aliphatic heterocycles. The Morgan fingerprint density at radius 2 is 0.933 bits per heavy atom. The van der Waals surface area contributed by atoms with Crippen molar-refractivity contribution in [2.75, 3.05) is 0 Å². The van der Waals surface area contributed by atoms with Crippen molar-refractivity contribution in [2.24, 2.45) is 0 Å². The molecule has 8 aromatic carbocycles. The SMILES string of the molecule is C/C=C/c1cccc(-c2cccc(/C=C/c3ccccc3-c3ccc4ccc5c(-c6ccccc6)ccc6ccc3c4c65)c2)c1. The van der Waals surface area contributed by atoms with Gasteiger partial charge in [0, 0.05) is 0 Å². The smallest absolute Gasteiger partial charge is 0.00203 e. The first-order valence-corrected chi connectivity index (χ1v) is 15.6. The molecule has 0 fully saturated rings. The summed E-state index contributed by atoms with van der Waals surface area (Å²) in [5.41, 5.74) is 11.1. The highest BCUT2D eigenvalue weighted by Gasteiger charge is 2.15. The van der Waals surface area contributed by atoms with E-state index in [1.165, 1.54) is 82.4 Å². The van der Waals surface area contributed by atoms with Gasteiger partial charge in [-0.05, 0) is 101 Å². The molecular formula is C45H32. The van der Waals surface area contributed by atoms with E-state index in [-0.39, 0.29) is 0 Å². The highest BCUT2D eigenvalue weighted by atomic mass is 14.2. The van der Waals surface area contributed by atoms with Gasteiger partial charge in [0.25, 0.3) is 0 Å². The zero-order valence-electron chi connectivity index (χ0n) is 25.2. The molecular weight excluding hydrogens is 540 g/mol. The van der Waals surface area contributed by atoms with Gasteiger partial charge < -0.3 is 0 Å². The van der Waals surface area contributed by atoms with Crippen molar-refractivity contribution >= 4 is 50.5 Å². The van der Waals surface area contributed by atoms with Gasteiger partial charge in [0.05, 0.1) is 0 Å². The topological polar surface area (TPSA) is 0 Å². The maximum atomic E-state index is 2.31. The molecule has 0 heteroatoms. The number of hydrogen-bond acceptors (Lipinski definition) is 0. The molecule has 0 amide bonds. The second kappa shape index (κ2) is 11.4. The molecule has 8 aromatic rings. The number of hydrogen-bond donors (Lipinski definition) is 0. The molecule has 0 radical (unpaired) electrons. The lowest BCUT2D eigenvalue weighted by molar-refractivity contribution is 1.58. The fraction of sp³-hybridized carbons (Fsp3) is 0.0222. The normalized spacial score (nSPS) is 11.9. The fourth-order valence-corrected chi connectivity index (χ4v) is 6.82. The molecule has 45 heavy (non-hydrogen) atoms. The van der Waals surface area contributed by atoms with Gasteiger partial charge in [-0.3, -0.25) is 0 Å². The number of allylic oxidation sites excluding steroid dienone is 1. The maximum absolute atomic E-state index is 2.31. The van der Waals surface area contributed by atoms with Crippen LogP contribution in [-0.4, -0.2) is 0 Å². The zero-order chi connectivity index (χ0) is 30.2. The minimum absolute atomic E-state index is 1.18. The van der Waals surface area contributed by atoms with Crippen molar-refractivity contribution in [3.8, 4) is 33.4 Å². The molecule has 0 aliphatic carbocycles. The number of rotatable bonds is 6. The Labute approximate surface area is 264 Å². The Bertz CT molecular complexity index is 2370. The van der Waals surface area contributed by atoms with Gasteiger partial charge in [-0.15, -0.1) is 0 Å². The molecule has 0 aliphatic rings. The molecule has 0 saturated heterocycles. The van der Waals surface area contributed by atoms with Crippen LogP contribution in [0.1, 0.15) is 23.6 Å². The lowest BCUT2D eigenvalue weighted by Gasteiger charge is -2.17. The van der Waals surface area contributed by atoms with Crippen LogP contribution in [-0.2, 0) is 0 Å². The van der Waals surface area contributed by atoms with E-state index < -0.39 is 0 Å². The van der Waals surface area contributed by atoms with E-state index in [1.54, 1.807) is 0 Å². The monoisotopic (exact) mass is 572 g/mol. The summed E-state index contributed by atoms with van der Waals surface area (Å²) in [7, 11) is 0. The summed E-state index contributed by atoms with van der Waals surface area (Å²) >= 11 is 0. The van der Waals surface area contributed by atoms with E-state index in [0.717, 1.165) is 0 Å². The Morgan fingerprint density at radius 1 is 0.378 bits per heavy atom. The van der Waals surface area contributed by atoms with E-state index in [2.05, 4.69) is 183 Å². The maximum Gasteiger partial charge on any atom is -0.00203 e. The molecule has 212 valence electrons. The molecule has 0 unspecified atom stereocenters. The average molecular weight is 573 g/mol. The summed E-state index contributed by atoms with van der Waals surface area (Å²) in [5, 5.41) is 7.84. The van der Waals surface area contributed by atoms with Crippen LogP contribution in [0.2, 0.25) is 0 Å². The van der Waals surface area contributed by atoms with Gasteiger partial charge in [0.15, 0.2) is 0 Å². The van der Waals surface area contributed by atoms with Crippen LogP contribution in [0.4, 0.5) is 0 Å². The lowest BCUT2D eigenvalue weighted by atomic mass is 9.86. The van der Waals surface area contributed by atoms with Gasteiger partial charge in [-0.2, -0.15) is 0 Å². The highest BCUT2D eigenvalue weighted by molar-refractivity contribution is 6.27. The molecule has 0 nitrogen and oxygen atoms in total. The van der Waals surface area contributed by atoms with E-state index in [4.69, 9.17) is 0 Å². The standard InChI is InChI=1S/C45H32/c1-2-10-31-11-8-16-37(29-31)38-17-9-12-32(30-38)19-20-34-15-6-7-18-39(34)41-26-22-36-23-27-42-40(33-13-4-3-5-14-33)25-21-35-24-28-43(41)45(36)44(35)42/h2-30H,1H3/b10-2+,20-19+. The van der Waals surface area contributed by atoms with Crippen molar-refractivity contribution in [1.82, 2.24) is 0 Å². The van der Waals surface area contributed by atoms with Gasteiger partial charge >= 0.3 is 0 Å². The van der Waals surface area contributed by atoms with Gasteiger partial charge in [-0.1, -0.05) is 164 Å². The summed E-state index contributed by atoms with van der Waals surface area (Å²) in [4.78, 5) is 0. The summed E-state index contributed by atoms with van der Waals surface area (Å²) in [6.07, 6.45) is 8.72. The van der Waals surface area contributed by atoms with Crippen molar-refractivity contribution < 1.29 is 0 Å². The van der Waals surface area contributed by atoms with Crippen LogP contribution in [0, 0.1) is 0 Å².